The van der Waals surface area contributed by atoms with Crippen LogP contribution in [0.4, 0.5) is 11.6 Å². The zero-order chi connectivity index (χ0) is 12.0. The molecule has 1 aromatic rings. The van der Waals surface area contributed by atoms with Crippen molar-refractivity contribution in [1.29, 1.82) is 0 Å². The van der Waals surface area contributed by atoms with Gasteiger partial charge in [-0.2, -0.15) is 0 Å². The second-order valence-electron chi connectivity index (χ2n) is 3.87. The largest absolute Gasteiger partial charge is 0.370 e. The summed E-state index contributed by atoms with van der Waals surface area (Å²) >= 11 is 0. The topological polar surface area (TPSA) is 75.9 Å². The molecule has 0 spiro atoms. The third-order valence-electron chi connectivity index (χ3n) is 2.47. The average molecular weight is 223 g/mol. The number of nitrogens with one attached hydrogen (secondary N) is 2. The zero-order valence-electron chi connectivity index (χ0n) is 10.3. The number of nitrogens with two attached hydrogens (primary N) is 1. The molecule has 90 valence electrons. The minimum atomic E-state index is 0.686. The Bertz CT molecular complexity index is 337. The van der Waals surface area contributed by atoms with E-state index in [9.17, 15) is 0 Å². The molecule has 5 heteroatoms. The lowest BCUT2D eigenvalue weighted by atomic mass is 10.2. The molecular formula is C11H21N5. The average Bonchev–Trinajstić information content (AvgIpc) is 2.28. The fourth-order valence-corrected chi connectivity index (χ4v) is 1.52. The third-order valence-corrected chi connectivity index (χ3v) is 2.47. The van der Waals surface area contributed by atoms with E-state index >= 15 is 0 Å². The number of rotatable bonds is 6. The summed E-state index contributed by atoms with van der Waals surface area (Å²) < 4.78 is 0. The van der Waals surface area contributed by atoms with E-state index < -0.39 is 0 Å². The van der Waals surface area contributed by atoms with Crippen LogP contribution < -0.4 is 16.6 Å². The zero-order valence-corrected chi connectivity index (χ0v) is 10.3. The van der Waals surface area contributed by atoms with Crippen molar-refractivity contribution in [3.8, 4) is 0 Å². The van der Waals surface area contributed by atoms with Gasteiger partial charge in [0.1, 0.15) is 17.5 Å². The molecule has 0 fully saturated rings. The number of aryl methyl sites for hydroxylation is 1. The van der Waals surface area contributed by atoms with Gasteiger partial charge >= 0.3 is 0 Å². The third kappa shape index (κ3) is 3.34. The normalized spacial score (nSPS) is 10.2. The Hall–Kier alpha value is -1.36. The number of aromatic nitrogens is 2. The van der Waals surface area contributed by atoms with Crippen LogP contribution in [0.1, 0.15) is 37.6 Å². The molecule has 0 aromatic carbocycles. The Kier molecular flexibility index (Phi) is 4.98. The van der Waals surface area contributed by atoms with Crippen molar-refractivity contribution in [3.05, 3.63) is 11.4 Å². The number of anilines is 2. The van der Waals surface area contributed by atoms with E-state index in [4.69, 9.17) is 5.84 Å². The maximum atomic E-state index is 5.40. The lowest BCUT2D eigenvalue weighted by Gasteiger charge is -2.12. The van der Waals surface area contributed by atoms with Crippen LogP contribution in [0.5, 0.6) is 0 Å². The number of hydrazine groups is 1. The first-order valence-electron chi connectivity index (χ1n) is 5.74. The summed E-state index contributed by atoms with van der Waals surface area (Å²) in [6.45, 7) is 6.94. The lowest BCUT2D eigenvalue weighted by molar-refractivity contribution is 0.741. The second-order valence-corrected chi connectivity index (χ2v) is 3.87. The van der Waals surface area contributed by atoms with Gasteiger partial charge in [0.05, 0.1) is 0 Å². The first-order chi connectivity index (χ1) is 7.69. The molecule has 0 unspecified atom stereocenters. The van der Waals surface area contributed by atoms with Crippen molar-refractivity contribution in [2.24, 2.45) is 5.84 Å². The molecule has 0 atom stereocenters. The van der Waals surface area contributed by atoms with Crippen LogP contribution >= 0.6 is 0 Å². The molecule has 0 aliphatic carbocycles. The molecule has 0 bridgehead atoms. The van der Waals surface area contributed by atoms with Gasteiger partial charge in [-0.1, -0.05) is 19.8 Å². The highest BCUT2D eigenvalue weighted by atomic mass is 15.3. The van der Waals surface area contributed by atoms with Crippen LogP contribution in [0.25, 0.3) is 0 Å². The van der Waals surface area contributed by atoms with Gasteiger partial charge in [-0.05, 0) is 20.3 Å². The molecule has 0 aliphatic rings. The number of hydrogen-bond acceptors (Lipinski definition) is 5. The molecule has 0 saturated heterocycles. The van der Waals surface area contributed by atoms with E-state index in [-0.39, 0.29) is 0 Å². The highest BCUT2D eigenvalue weighted by molar-refractivity contribution is 5.56. The van der Waals surface area contributed by atoms with Gasteiger partial charge in [-0.25, -0.2) is 15.8 Å². The summed E-state index contributed by atoms with van der Waals surface area (Å²) in [6.07, 6.45) is 3.61. The molecular weight excluding hydrogens is 202 g/mol. The lowest BCUT2D eigenvalue weighted by Crippen LogP contribution is -2.14. The van der Waals surface area contributed by atoms with Gasteiger partial charge < -0.3 is 10.7 Å². The Morgan fingerprint density at radius 3 is 2.44 bits per heavy atom. The molecule has 0 amide bonds. The summed E-state index contributed by atoms with van der Waals surface area (Å²) in [4.78, 5) is 8.57. The first-order valence-corrected chi connectivity index (χ1v) is 5.74. The molecule has 1 rings (SSSR count). The van der Waals surface area contributed by atoms with E-state index in [0.29, 0.717) is 5.82 Å². The summed E-state index contributed by atoms with van der Waals surface area (Å²) in [6, 6.07) is 0. The quantitative estimate of drug-likeness (QED) is 0.390. The number of nitrogens with zero attached hydrogens (tertiary/aromatic N) is 2. The predicted molar refractivity (Wildman–Crippen MR) is 67.3 cm³/mol. The summed E-state index contributed by atoms with van der Waals surface area (Å²) in [5, 5.41) is 3.32. The van der Waals surface area contributed by atoms with Gasteiger partial charge in [0.2, 0.25) is 0 Å². The van der Waals surface area contributed by atoms with Crippen molar-refractivity contribution in [1.82, 2.24) is 9.97 Å². The Morgan fingerprint density at radius 1 is 1.12 bits per heavy atom. The predicted octanol–water partition coefficient (Wildman–Crippen LogP) is 1.98. The van der Waals surface area contributed by atoms with Crippen molar-refractivity contribution in [3.63, 3.8) is 0 Å². The summed E-state index contributed by atoms with van der Waals surface area (Å²) in [5.41, 5.74) is 3.55. The fourth-order valence-electron chi connectivity index (χ4n) is 1.52. The standard InChI is InChI=1S/C11H21N5/c1-4-5-6-7-13-10-8(2)11(16-12)15-9(3)14-10/h4-7,12H2,1-3H3,(H2,13,14,15,16). The first kappa shape index (κ1) is 12.7. The maximum absolute atomic E-state index is 5.40. The van der Waals surface area contributed by atoms with E-state index in [2.05, 4.69) is 27.6 Å². The molecule has 1 aromatic heterocycles. The van der Waals surface area contributed by atoms with Crippen LogP contribution in [-0.2, 0) is 0 Å². The van der Waals surface area contributed by atoms with Gasteiger partial charge in [-0.15, -0.1) is 0 Å². The van der Waals surface area contributed by atoms with Crippen molar-refractivity contribution in [2.45, 2.75) is 40.0 Å². The number of nitrogen functional groups attached to an aromatic ring is 1. The van der Waals surface area contributed by atoms with Crippen molar-refractivity contribution >= 4 is 11.6 Å². The SMILES string of the molecule is CCCCCNc1nc(C)nc(NN)c1C. The van der Waals surface area contributed by atoms with Gasteiger partial charge in [0, 0.05) is 12.1 Å². The molecule has 0 saturated carbocycles. The molecule has 0 radical (unpaired) electrons. The van der Waals surface area contributed by atoms with E-state index in [1.807, 2.05) is 13.8 Å². The summed E-state index contributed by atoms with van der Waals surface area (Å²) in [7, 11) is 0. The fraction of sp³-hybridized carbons (Fsp3) is 0.636. The molecule has 16 heavy (non-hydrogen) atoms. The summed E-state index contributed by atoms with van der Waals surface area (Å²) in [5.74, 6) is 7.67. The molecule has 1 heterocycles. The van der Waals surface area contributed by atoms with E-state index in [1.54, 1.807) is 0 Å². The Morgan fingerprint density at radius 2 is 1.81 bits per heavy atom. The van der Waals surface area contributed by atoms with Gasteiger partial charge in [0.15, 0.2) is 0 Å². The smallest absolute Gasteiger partial charge is 0.148 e. The van der Waals surface area contributed by atoms with E-state index in [1.165, 1.54) is 12.8 Å². The second kappa shape index (κ2) is 6.27. The van der Waals surface area contributed by atoms with Crippen LogP contribution in [-0.4, -0.2) is 16.5 Å². The molecule has 0 aliphatic heterocycles. The Labute approximate surface area is 96.8 Å². The van der Waals surface area contributed by atoms with Crippen LogP contribution in [0, 0.1) is 13.8 Å². The van der Waals surface area contributed by atoms with Crippen LogP contribution in [0.2, 0.25) is 0 Å². The number of unbranched alkanes of at least 4 members (excludes halogenated alkanes) is 2. The number of hydrogen-bond donors (Lipinski definition) is 3. The molecule has 4 N–H and O–H groups in total. The molecule has 5 nitrogen and oxygen atoms in total. The maximum Gasteiger partial charge on any atom is 0.148 e. The van der Waals surface area contributed by atoms with E-state index in [0.717, 1.165) is 30.2 Å². The van der Waals surface area contributed by atoms with Crippen LogP contribution in [0.15, 0.2) is 0 Å². The highest BCUT2D eigenvalue weighted by Gasteiger charge is 2.07. The highest BCUT2D eigenvalue weighted by Crippen LogP contribution is 2.18. The van der Waals surface area contributed by atoms with Gasteiger partial charge in [-0.3, -0.25) is 0 Å². The minimum absolute atomic E-state index is 0.686. The minimum Gasteiger partial charge on any atom is -0.370 e. The van der Waals surface area contributed by atoms with Crippen molar-refractivity contribution in [2.75, 3.05) is 17.3 Å². The van der Waals surface area contributed by atoms with Crippen molar-refractivity contribution < 1.29 is 0 Å². The monoisotopic (exact) mass is 223 g/mol. The Balaban J connectivity index is 2.67. The van der Waals surface area contributed by atoms with Crippen LogP contribution in [0.3, 0.4) is 0 Å². The van der Waals surface area contributed by atoms with Gasteiger partial charge in [0.25, 0.3) is 0 Å².